The summed E-state index contributed by atoms with van der Waals surface area (Å²) in [6, 6.07) is 7.05. The normalized spacial score (nSPS) is 21.8. The van der Waals surface area contributed by atoms with E-state index in [4.69, 9.17) is 0 Å². The van der Waals surface area contributed by atoms with Crippen LogP contribution in [0.1, 0.15) is 74.8 Å². The van der Waals surface area contributed by atoms with Crippen molar-refractivity contribution in [1.82, 2.24) is 0 Å². The van der Waals surface area contributed by atoms with Crippen molar-refractivity contribution in [3.8, 4) is 0 Å². The summed E-state index contributed by atoms with van der Waals surface area (Å²) >= 11 is 0. The second-order valence-corrected chi connectivity index (χ2v) is 6.77. The van der Waals surface area contributed by atoms with Gasteiger partial charge in [0, 0.05) is 19.3 Å². The summed E-state index contributed by atoms with van der Waals surface area (Å²) in [4.78, 5) is 2.46. The van der Waals surface area contributed by atoms with Gasteiger partial charge in [0.25, 0.3) is 0 Å². The molecule has 0 bridgehead atoms. The van der Waals surface area contributed by atoms with Gasteiger partial charge in [-0.3, -0.25) is 0 Å². The Morgan fingerprint density at radius 3 is 2.35 bits per heavy atom. The molecule has 0 N–H and O–H groups in total. The van der Waals surface area contributed by atoms with E-state index in [0.717, 1.165) is 5.92 Å². The van der Waals surface area contributed by atoms with Crippen LogP contribution in [-0.4, -0.2) is 13.6 Å². The van der Waals surface area contributed by atoms with Crippen LogP contribution >= 0.6 is 0 Å². The molecule has 1 aliphatic carbocycles. The summed E-state index contributed by atoms with van der Waals surface area (Å²) in [6.45, 7) is 1.22. The fourth-order valence-electron chi connectivity index (χ4n) is 4.16. The molecule has 110 valence electrons. The molecule has 1 aromatic carbocycles. The molecule has 1 fully saturated rings. The van der Waals surface area contributed by atoms with E-state index in [-0.39, 0.29) is 0 Å². The maximum atomic E-state index is 2.46. The molecule has 0 atom stereocenters. The van der Waals surface area contributed by atoms with E-state index in [2.05, 4.69) is 30.1 Å². The second kappa shape index (κ2) is 6.65. The molecule has 1 nitrogen and oxygen atoms in total. The first kappa shape index (κ1) is 14.0. The van der Waals surface area contributed by atoms with Crippen LogP contribution in [0.3, 0.4) is 0 Å². The fourth-order valence-corrected chi connectivity index (χ4v) is 4.16. The van der Waals surface area contributed by atoms with Gasteiger partial charge in [-0.2, -0.15) is 0 Å². The lowest BCUT2D eigenvalue weighted by Gasteiger charge is -2.31. The summed E-state index contributed by atoms with van der Waals surface area (Å²) in [7, 11) is 2.25. The molecule has 0 unspecified atom stereocenters. The number of fused-ring (bicyclic) bond motifs is 1. The standard InChI is InChI=1S/C19H29N/c1-20-15-9-13-18-17(12-8-14-19(18)20)16-10-6-4-2-3-5-7-11-16/h8,12,14,16H,2-7,9-11,13,15H2,1H3. The van der Waals surface area contributed by atoms with Gasteiger partial charge in [-0.25, -0.2) is 0 Å². The summed E-state index contributed by atoms with van der Waals surface area (Å²) in [5.41, 5.74) is 4.87. The van der Waals surface area contributed by atoms with Crippen LogP contribution in [0.4, 0.5) is 5.69 Å². The molecular weight excluding hydrogens is 242 g/mol. The summed E-state index contributed by atoms with van der Waals surface area (Å²) in [6.07, 6.45) is 14.1. The van der Waals surface area contributed by atoms with Gasteiger partial charge < -0.3 is 4.90 Å². The first-order valence-electron chi connectivity index (χ1n) is 8.69. The summed E-state index contributed by atoms with van der Waals surface area (Å²) < 4.78 is 0. The molecule has 1 aliphatic heterocycles. The van der Waals surface area contributed by atoms with Crippen LogP contribution < -0.4 is 4.90 Å². The Morgan fingerprint density at radius 2 is 1.60 bits per heavy atom. The molecule has 1 saturated carbocycles. The zero-order chi connectivity index (χ0) is 13.8. The van der Waals surface area contributed by atoms with Gasteiger partial charge in [0.15, 0.2) is 0 Å². The quantitative estimate of drug-likeness (QED) is 0.671. The smallest absolute Gasteiger partial charge is 0.0399 e. The van der Waals surface area contributed by atoms with Crippen LogP contribution in [0.2, 0.25) is 0 Å². The van der Waals surface area contributed by atoms with Gasteiger partial charge in [-0.05, 0) is 48.8 Å². The lowest BCUT2D eigenvalue weighted by atomic mass is 9.83. The van der Waals surface area contributed by atoms with Crippen LogP contribution in [0.25, 0.3) is 0 Å². The van der Waals surface area contributed by atoms with E-state index < -0.39 is 0 Å². The molecule has 1 heterocycles. The fraction of sp³-hybridized carbons (Fsp3) is 0.684. The zero-order valence-corrected chi connectivity index (χ0v) is 13.0. The molecule has 0 amide bonds. The molecule has 3 rings (SSSR count). The van der Waals surface area contributed by atoms with Crippen molar-refractivity contribution in [2.24, 2.45) is 0 Å². The SMILES string of the molecule is CN1CCCc2c(C3CCCCCCCC3)cccc21. The van der Waals surface area contributed by atoms with Crippen molar-refractivity contribution >= 4 is 5.69 Å². The molecule has 1 heteroatoms. The summed E-state index contributed by atoms with van der Waals surface area (Å²) in [5, 5.41) is 0. The number of hydrogen-bond donors (Lipinski definition) is 0. The predicted molar refractivity (Wildman–Crippen MR) is 87.7 cm³/mol. The number of hydrogen-bond acceptors (Lipinski definition) is 1. The van der Waals surface area contributed by atoms with E-state index in [0.29, 0.717) is 0 Å². The number of benzene rings is 1. The van der Waals surface area contributed by atoms with Crippen molar-refractivity contribution in [2.45, 2.75) is 70.1 Å². The number of anilines is 1. The van der Waals surface area contributed by atoms with Gasteiger partial charge in [0.2, 0.25) is 0 Å². The molecule has 0 spiro atoms. The predicted octanol–water partition coefficient (Wildman–Crippen LogP) is 5.29. The van der Waals surface area contributed by atoms with Crippen molar-refractivity contribution in [2.75, 3.05) is 18.5 Å². The minimum absolute atomic E-state index is 0.828. The zero-order valence-electron chi connectivity index (χ0n) is 13.0. The minimum atomic E-state index is 0.828. The van der Waals surface area contributed by atoms with Gasteiger partial charge in [0.05, 0.1) is 0 Å². The first-order valence-corrected chi connectivity index (χ1v) is 8.69. The lowest BCUT2D eigenvalue weighted by molar-refractivity contribution is 0.533. The maximum absolute atomic E-state index is 2.46. The molecule has 0 saturated heterocycles. The Morgan fingerprint density at radius 1 is 0.900 bits per heavy atom. The Labute approximate surface area is 124 Å². The Balaban J connectivity index is 1.86. The highest BCUT2D eigenvalue weighted by molar-refractivity contribution is 5.58. The monoisotopic (exact) mass is 271 g/mol. The third kappa shape index (κ3) is 3.02. The third-order valence-electron chi connectivity index (χ3n) is 5.31. The second-order valence-electron chi connectivity index (χ2n) is 6.77. The van der Waals surface area contributed by atoms with E-state index in [9.17, 15) is 0 Å². The average molecular weight is 271 g/mol. The van der Waals surface area contributed by atoms with E-state index >= 15 is 0 Å². The highest BCUT2D eigenvalue weighted by Crippen LogP contribution is 2.37. The van der Waals surface area contributed by atoms with Gasteiger partial charge in [-0.1, -0.05) is 50.7 Å². The Bertz CT molecular complexity index is 427. The molecule has 0 aromatic heterocycles. The van der Waals surface area contributed by atoms with Crippen LogP contribution in [0.5, 0.6) is 0 Å². The van der Waals surface area contributed by atoms with Crippen molar-refractivity contribution in [3.05, 3.63) is 29.3 Å². The molecule has 20 heavy (non-hydrogen) atoms. The van der Waals surface area contributed by atoms with E-state index in [1.807, 2.05) is 0 Å². The molecule has 0 radical (unpaired) electrons. The third-order valence-corrected chi connectivity index (χ3v) is 5.31. The Hall–Kier alpha value is -0.980. The molecule has 2 aliphatic rings. The first-order chi connectivity index (χ1) is 9.86. The molecular formula is C19H29N. The van der Waals surface area contributed by atoms with Gasteiger partial charge in [-0.15, -0.1) is 0 Å². The largest absolute Gasteiger partial charge is 0.374 e. The Kier molecular flexibility index (Phi) is 4.65. The average Bonchev–Trinajstić information content (AvgIpc) is 2.61. The van der Waals surface area contributed by atoms with E-state index in [1.165, 1.54) is 76.4 Å². The van der Waals surface area contributed by atoms with Crippen molar-refractivity contribution in [1.29, 1.82) is 0 Å². The molecule has 1 aromatic rings. The summed E-state index contributed by atoms with van der Waals surface area (Å²) in [5.74, 6) is 0.828. The topological polar surface area (TPSA) is 3.24 Å². The van der Waals surface area contributed by atoms with Gasteiger partial charge in [0.1, 0.15) is 0 Å². The number of rotatable bonds is 1. The van der Waals surface area contributed by atoms with Crippen LogP contribution in [-0.2, 0) is 6.42 Å². The maximum Gasteiger partial charge on any atom is 0.0399 e. The van der Waals surface area contributed by atoms with Crippen molar-refractivity contribution < 1.29 is 0 Å². The van der Waals surface area contributed by atoms with Gasteiger partial charge >= 0.3 is 0 Å². The lowest BCUT2D eigenvalue weighted by Crippen LogP contribution is -2.25. The highest BCUT2D eigenvalue weighted by Gasteiger charge is 2.21. The van der Waals surface area contributed by atoms with E-state index in [1.54, 1.807) is 11.1 Å². The number of nitrogens with zero attached hydrogens (tertiary/aromatic N) is 1. The highest BCUT2D eigenvalue weighted by atomic mass is 15.1. The van der Waals surface area contributed by atoms with Crippen LogP contribution in [0.15, 0.2) is 18.2 Å². The van der Waals surface area contributed by atoms with Crippen molar-refractivity contribution in [3.63, 3.8) is 0 Å². The van der Waals surface area contributed by atoms with Crippen LogP contribution in [0, 0.1) is 0 Å². The minimum Gasteiger partial charge on any atom is -0.374 e.